The van der Waals surface area contributed by atoms with Gasteiger partial charge in [0.1, 0.15) is 6.07 Å². The van der Waals surface area contributed by atoms with Crippen LogP contribution in [0.1, 0.15) is 22.7 Å². The van der Waals surface area contributed by atoms with Crippen LogP contribution in [0.5, 0.6) is 17.2 Å². The minimum absolute atomic E-state index is 0.293. The van der Waals surface area contributed by atoms with Crippen molar-refractivity contribution in [2.24, 2.45) is 0 Å². The fourth-order valence-electron chi connectivity index (χ4n) is 4.00. The predicted octanol–water partition coefficient (Wildman–Crippen LogP) is 4.06. The van der Waals surface area contributed by atoms with E-state index in [-0.39, 0.29) is 0 Å². The number of oxazole rings is 1. The lowest BCUT2D eigenvalue weighted by molar-refractivity contribution is 0.246. The Balaban J connectivity index is 1.46. The van der Waals surface area contributed by atoms with E-state index in [2.05, 4.69) is 45.1 Å². The molecule has 176 valence electrons. The number of hydrogen-bond donors (Lipinski definition) is 0. The molecular formula is C26H28N4O4. The number of anilines is 1. The van der Waals surface area contributed by atoms with Crippen LogP contribution < -0.4 is 19.1 Å². The molecule has 1 fully saturated rings. The molecule has 4 rings (SSSR count). The van der Waals surface area contributed by atoms with Crippen molar-refractivity contribution < 1.29 is 18.6 Å². The van der Waals surface area contributed by atoms with Crippen molar-refractivity contribution in [3.8, 4) is 23.3 Å². The van der Waals surface area contributed by atoms with Crippen LogP contribution in [0.15, 0.2) is 46.9 Å². The topological polar surface area (TPSA) is 84.0 Å². The molecule has 0 N–H and O–H groups in total. The van der Waals surface area contributed by atoms with Gasteiger partial charge in [0.15, 0.2) is 11.5 Å². The monoisotopic (exact) mass is 460 g/mol. The zero-order valence-corrected chi connectivity index (χ0v) is 19.7. The molecule has 1 saturated heterocycles. The number of nitrogens with zero attached hydrogens (tertiary/aromatic N) is 4. The summed E-state index contributed by atoms with van der Waals surface area (Å²) in [6.45, 7) is 4.23. The van der Waals surface area contributed by atoms with Gasteiger partial charge in [0.2, 0.25) is 23.2 Å². The maximum absolute atomic E-state index is 9.61. The van der Waals surface area contributed by atoms with E-state index in [1.165, 1.54) is 5.56 Å². The summed E-state index contributed by atoms with van der Waals surface area (Å²) < 4.78 is 22.2. The number of aromatic nitrogens is 1. The average molecular weight is 461 g/mol. The number of methoxy groups -OCH3 is 3. The molecule has 0 spiro atoms. The molecule has 2 aromatic carbocycles. The fourth-order valence-corrected chi connectivity index (χ4v) is 4.00. The summed E-state index contributed by atoms with van der Waals surface area (Å²) in [4.78, 5) is 8.86. The van der Waals surface area contributed by atoms with Crippen LogP contribution in [-0.2, 0) is 6.54 Å². The molecule has 8 nitrogen and oxygen atoms in total. The standard InChI is InChI=1S/C26H28N4O4/c1-31-22-15-20(16-23(32-2)25(22)33-3)9-10-24-28-21(17-27)26(34-24)30-13-11-29(12-14-30)18-19-7-5-4-6-8-19/h4-10,15-16H,11-14,18H2,1-3H3. The molecule has 2 heterocycles. The van der Waals surface area contributed by atoms with Crippen molar-refractivity contribution in [2.45, 2.75) is 6.54 Å². The number of piperazine rings is 1. The van der Waals surface area contributed by atoms with Gasteiger partial charge in [0, 0.05) is 38.8 Å². The van der Waals surface area contributed by atoms with Crippen LogP contribution in [0, 0.1) is 11.3 Å². The molecule has 0 radical (unpaired) electrons. The summed E-state index contributed by atoms with van der Waals surface area (Å²) in [6, 6.07) is 16.3. The Hall–Kier alpha value is -3.96. The SMILES string of the molecule is COc1cc(C=Cc2nc(C#N)c(N3CCN(Cc4ccccc4)CC3)o2)cc(OC)c1OC. The molecule has 34 heavy (non-hydrogen) atoms. The van der Waals surface area contributed by atoms with E-state index in [4.69, 9.17) is 18.6 Å². The highest BCUT2D eigenvalue weighted by molar-refractivity contribution is 5.71. The number of hydrogen-bond acceptors (Lipinski definition) is 8. The quantitative estimate of drug-likeness (QED) is 0.498. The van der Waals surface area contributed by atoms with Crippen molar-refractivity contribution in [2.75, 3.05) is 52.4 Å². The first-order valence-electron chi connectivity index (χ1n) is 11.1. The van der Waals surface area contributed by atoms with Crippen LogP contribution in [0.3, 0.4) is 0 Å². The van der Waals surface area contributed by atoms with Gasteiger partial charge in [-0.15, -0.1) is 0 Å². The first-order chi connectivity index (χ1) is 16.6. The van der Waals surface area contributed by atoms with E-state index in [0.717, 1.165) is 38.3 Å². The third kappa shape index (κ3) is 5.16. The second-order valence-electron chi connectivity index (χ2n) is 7.86. The summed E-state index contributed by atoms with van der Waals surface area (Å²) in [7, 11) is 4.71. The highest BCUT2D eigenvalue weighted by Gasteiger charge is 2.24. The lowest BCUT2D eigenvalue weighted by Gasteiger charge is -2.34. The summed E-state index contributed by atoms with van der Waals surface area (Å²) in [6.07, 6.45) is 3.57. The molecule has 0 amide bonds. The first-order valence-corrected chi connectivity index (χ1v) is 11.1. The molecule has 0 saturated carbocycles. The second-order valence-corrected chi connectivity index (χ2v) is 7.86. The van der Waals surface area contributed by atoms with E-state index >= 15 is 0 Å². The third-order valence-corrected chi connectivity index (χ3v) is 5.75. The van der Waals surface area contributed by atoms with Gasteiger partial charge >= 0.3 is 0 Å². The third-order valence-electron chi connectivity index (χ3n) is 5.75. The number of ether oxygens (including phenoxy) is 3. The van der Waals surface area contributed by atoms with Crippen molar-refractivity contribution in [1.29, 1.82) is 5.26 Å². The van der Waals surface area contributed by atoms with Crippen LogP contribution in [-0.4, -0.2) is 57.4 Å². The van der Waals surface area contributed by atoms with E-state index in [1.807, 2.05) is 24.3 Å². The minimum atomic E-state index is 0.293. The first kappa shape index (κ1) is 23.2. The zero-order valence-electron chi connectivity index (χ0n) is 19.7. The molecule has 0 bridgehead atoms. The van der Waals surface area contributed by atoms with Crippen LogP contribution in [0.4, 0.5) is 5.88 Å². The Morgan fingerprint density at radius 1 is 0.971 bits per heavy atom. The molecular weight excluding hydrogens is 432 g/mol. The van der Waals surface area contributed by atoms with Gasteiger partial charge in [-0.1, -0.05) is 30.3 Å². The van der Waals surface area contributed by atoms with Crippen molar-refractivity contribution in [1.82, 2.24) is 9.88 Å². The Labute approximate surface area is 199 Å². The van der Waals surface area contributed by atoms with Gasteiger partial charge in [0.25, 0.3) is 0 Å². The Morgan fingerprint density at radius 3 is 2.24 bits per heavy atom. The number of nitriles is 1. The average Bonchev–Trinajstić information content (AvgIpc) is 3.31. The van der Waals surface area contributed by atoms with Gasteiger partial charge in [-0.25, -0.2) is 0 Å². The Kier molecular flexibility index (Phi) is 7.35. The molecule has 3 aromatic rings. The molecule has 1 aromatic heterocycles. The highest BCUT2D eigenvalue weighted by Crippen LogP contribution is 2.38. The zero-order chi connectivity index (χ0) is 23.9. The number of benzene rings is 2. The molecule has 0 atom stereocenters. The van der Waals surface area contributed by atoms with E-state index in [1.54, 1.807) is 27.4 Å². The van der Waals surface area contributed by atoms with Gasteiger partial charge in [-0.05, 0) is 29.3 Å². The molecule has 1 aliphatic rings. The lowest BCUT2D eigenvalue weighted by Crippen LogP contribution is -2.46. The van der Waals surface area contributed by atoms with Crippen molar-refractivity contribution in [3.05, 3.63) is 65.2 Å². The summed E-state index contributed by atoms with van der Waals surface area (Å²) in [5.74, 6) is 2.53. The van der Waals surface area contributed by atoms with E-state index in [0.29, 0.717) is 34.7 Å². The number of rotatable bonds is 8. The highest BCUT2D eigenvalue weighted by atomic mass is 16.5. The summed E-state index contributed by atoms with van der Waals surface area (Å²) >= 11 is 0. The Bertz CT molecular complexity index is 1150. The largest absolute Gasteiger partial charge is 0.493 e. The van der Waals surface area contributed by atoms with Crippen LogP contribution in [0.2, 0.25) is 0 Å². The van der Waals surface area contributed by atoms with Gasteiger partial charge < -0.3 is 23.5 Å². The lowest BCUT2D eigenvalue weighted by atomic mass is 10.1. The second kappa shape index (κ2) is 10.8. The van der Waals surface area contributed by atoms with Crippen LogP contribution >= 0.6 is 0 Å². The smallest absolute Gasteiger partial charge is 0.235 e. The molecule has 1 aliphatic heterocycles. The minimum Gasteiger partial charge on any atom is -0.493 e. The van der Waals surface area contributed by atoms with Gasteiger partial charge in [-0.2, -0.15) is 10.2 Å². The molecule has 8 heteroatoms. The van der Waals surface area contributed by atoms with Gasteiger partial charge in [0.05, 0.1) is 21.3 Å². The molecule has 0 unspecified atom stereocenters. The van der Waals surface area contributed by atoms with Crippen molar-refractivity contribution in [3.63, 3.8) is 0 Å². The van der Waals surface area contributed by atoms with E-state index in [9.17, 15) is 5.26 Å². The normalized spacial score (nSPS) is 14.2. The van der Waals surface area contributed by atoms with Crippen LogP contribution in [0.25, 0.3) is 12.2 Å². The summed E-state index contributed by atoms with van der Waals surface area (Å²) in [5.41, 5.74) is 2.41. The molecule has 0 aliphatic carbocycles. The maximum Gasteiger partial charge on any atom is 0.235 e. The Morgan fingerprint density at radius 2 is 1.65 bits per heavy atom. The van der Waals surface area contributed by atoms with Crippen molar-refractivity contribution >= 4 is 18.0 Å². The summed E-state index contributed by atoms with van der Waals surface area (Å²) in [5, 5.41) is 9.61. The van der Waals surface area contributed by atoms with E-state index < -0.39 is 0 Å². The van der Waals surface area contributed by atoms with Gasteiger partial charge in [-0.3, -0.25) is 4.90 Å². The maximum atomic E-state index is 9.61. The fraction of sp³-hybridized carbons (Fsp3) is 0.308. The predicted molar refractivity (Wildman–Crippen MR) is 130 cm³/mol.